The molecule has 0 radical (unpaired) electrons. The number of rotatable bonds is 3. The number of ether oxygens (including phenoxy) is 1. The largest absolute Gasteiger partial charge is 0.377 e. The van der Waals surface area contributed by atoms with E-state index in [1.54, 1.807) is 0 Å². The molecule has 0 amide bonds. The van der Waals surface area contributed by atoms with Gasteiger partial charge in [-0.3, -0.25) is 0 Å². The Morgan fingerprint density at radius 2 is 2.69 bits per heavy atom. The minimum atomic E-state index is 0.408. The van der Waals surface area contributed by atoms with Gasteiger partial charge in [0.05, 0.1) is 17.2 Å². The van der Waals surface area contributed by atoms with Crippen molar-refractivity contribution in [1.82, 2.24) is 9.59 Å². The van der Waals surface area contributed by atoms with Crippen molar-refractivity contribution in [1.29, 1.82) is 0 Å². The van der Waals surface area contributed by atoms with Gasteiger partial charge in [-0.05, 0) is 24.9 Å². The molecule has 0 bridgehead atoms. The van der Waals surface area contributed by atoms with Gasteiger partial charge in [0.2, 0.25) is 0 Å². The van der Waals surface area contributed by atoms with Gasteiger partial charge >= 0.3 is 0 Å². The van der Waals surface area contributed by atoms with Gasteiger partial charge in [-0.2, -0.15) is 11.8 Å². The Hall–Kier alpha value is -0.130. The van der Waals surface area contributed by atoms with Gasteiger partial charge in [0.1, 0.15) is 0 Å². The molecule has 0 aliphatic carbocycles. The summed E-state index contributed by atoms with van der Waals surface area (Å²) in [6.07, 6.45) is 3.43. The highest BCUT2D eigenvalue weighted by Gasteiger charge is 2.24. The van der Waals surface area contributed by atoms with Crippen molar-refractivity contribution in [2.45, 2.75) is 30.5 Å². The molecule has 13 heavy (non-hydrogen) atoms. The van der Waals surface area contributed by atoms with E-state index in [1.165, 1.54) is 22.8 Å². The summed E-state index contributed by atoms with van der Waals surface area (Å²) >= 11 is 3.44. The van der Waals surface area contributed by atoms with Gasteiger partial charge in [0.15, 0.2) is 0 Å². The first kappa shape index (κ1) is 9.43. The predicted octanol–water partition coefficient (Wildman–Crippen LogP) is 1.95. The first-order valence-corrected chi connectivity index (χ1v) is 6.18. The Balaban J connectivity index is 1.79. The quantitative estimate of drug-likeness (QED) is 0.773. The molecule has 2 atom stereocenters. The molecule has 0 N–H and O–H groups in total. The van der Waals surface area contributed by atoms with Crippen LogP contribution in [0.2, 0.25) is 0 Å². The van der Waals surface area contributed by atoms with Crippen LogP contribution in [0.3, 0.4) is 0 Å². The third-order valence-electron chi connectivity index (χ3n) is 2.15. The summed E-state index contributed by atoms with van der Waals surface area (Å²) in [5.41, 5.74) is 0. The van der Waals surface area contributed by atoms with Gasteiger partial charge in [-0.25, -0.2) is 0 Å². The van der Waals surface area contributed by atoms with Crippen LogP contribution in [0.4, 0.5) is 0 Å². The minimum absolute atomic E-state index is 0.408. The van der Waals surface area contributed by atoms with Crippen LogP contribution in [-0.4, -0.2) is 27.5 Å². The van der Waals surface area contributed by atoms with Gasteiger partial charge in [-0.15, -0.1) is 5.10 Å². The SMILES string of the molecule is CC1OCCC1SCc1cnns1. The Labute approximate surface area is 86.0 Å². The smallest absolute Gasteiger partial charge is 0.0666 e. The van der Waals surface area contributed by atoms with Crippen molar-refractivity contribution in [2.24, 2.45) is 0 Å². The molecule has 5 heteroatoms. The lowest BCUT2D eigenvalue weighted by molar-refractivity contribution is 0.127. The zero-order valence-corrected chi connectivity index (χ0v) is 9.11. The molecule has 2 rings (SSSR count). The van der Waals surface area contributed by atoms with E-state index in [4.69, 9.17) is 4.74 Å². The number of hydrogen-bond donors (Lipinski definition) is 0. The summed E-state index contributed by atoms with van der Waals surface area (Å²) < 4.78 is 9.32. The maximum atomic E-state index is 5.49. The van der Waals surface area contributed by atoms with Crippen LogP contribution in [0.5, 0.6) is 0 Å². The second kappa shape index (κ2) is 4.39. The van der Waals surface area contributed by atoms with Gasteiger partial charge in [0.25, 0.3) is 0 Å². The first-order chi connectivity index (χ1) is 6.36. The summed E-state index contributed by atoms with van der Waals surface area (Å²) in [7, 11) is 0. The van der Waals surface area contributed by atoms with Crippen LogP contribution in [0.15, 0.2) is 6.20 Å². The minimum Gasteiger partial charge on any atom is -0.377 e. The highest BCUT2D eigenvalue weighted by molar-refractivity contribution is 7.99. The highest BCUT2D eigenvalue weighted by atomic mass is 32.2. The fourth-order valence-electron chi connectivity index (χ4n) is 1.37. The van der Waals surface area contributed by atoms with Crippen LogP contribution in [-0.2, 0) is 10.5 Å². The summed E-state index contributed by atoms with van der Waals surface area (Å²) in [5.74, 6) is 1.02. The molecule has 1 fully saturated rings. The standard InChI is InChI=1S/C8H12N2OS2/c1-6-8(2-3-11-6)12-5-7-4-9-10-13-7/h4,6,8H,2-3,5H2,1H3. The molecule has 1 aromatic rings. The molecular weight excluding hydrogens is 204 g/mol. The third-order valence-corrected chi connectivity index (χ3v) is 4.52. The lowest BCUT2D eigenvalue weighted by Gasteiger charge is -2.11. The van der Waals surface area contributed by atoms with E-state index in [0.717, 1.165) is 12.4 Å². The zero-order valence-electron chi connectivity index (χ0n) is 7.47. The number of hydrogen-bond acceptors (Lipinski definition) is 5. The molecule has 2 heterocycles. The Kier molecular flexibility index (Phi) is 3.18. The van der Waals surface area contributed by atoms with Gasteiger partial charge in [0, 0.05) is 17.6 Å². The second-order valence-electron chi connectivity index (χ2n) is 3.10. The predicted molar refractivity (Wildman–Crippen MR) is 55.0 cm³/mol. The molecule has 0 spiro atoms. The van der Waals surface area contributed by atoms with Crippen molar-refractivity contribution in [3.63, 3.8) is 0 Å². The fraction of sp³-hybridized carbons (Fsp3) is 0.750. The Morgan fingerprint density at radius 3 is 3.31 bits per heavy atom. The van der Waals surface area contributed by atoms with Crippen LogP contribution in [0.1, 0.15) is 18.2 Å². The summed E-state index contributed by atoms with van der Waals surface area (Å²) in [6.45, 7) is 3.06. The normalized spacial score (nSPS) is 28.1. The molecule has 0 aromatic carbocycles. The van der Waals surface area contributed by atoms with E-state index in [-0.39, 0.29) is 0 Å². The van der Waals surface area contributed by atoms with E-state index in [1.807, 2.05) is 18.0 Å². The molecule has 1 aromatic heterocycles. The summed E-state index contributed by atoms with van der Waals surface area (Å²) in [5, 5.41) is 4.47. The van der Waals surface area contributed by atoms with Crippen LogP contribution < -0.4 is 0 Å². The summed E-state index contributed by atoms with van der Waals surface area (Å²) in [4.78, 5) is 1.25. The Bertz CT molecular complexity index is 253. The maximum Gasteiger partial charge on any atom is 0.0666 e. The van der Waals surface area contributed by atoms with E-state index in [2.05, 4.69) is 16.5 Å². The third kappa shape index (κ3) is 2.42. The lowest BCUT2D eigenvalue weighted by Crippen LogP contribution is -2.13. The van der Waals surface area contributed by atoms with E-state index >= 15 is 0 Å². The molecule has 0 saturated carbocycles. The molecular formula is C8H12N2OS2. The monoisotopic (exact) mass is 216 g/mol. The van der Waals surface area contributed by atoms with Gasteiger partial charge in [-0.1, -0.05) is 4.49 Å². The van der Waals surface area contributed by atoms with Crippen LogP contribution >= 0.6 is 23.3 Å². The zero-order chi connectivity index (χ0) is 9.10. The van der Waals surface area contributed by atoms with Crippen molar-refractivity contribution in [3.05, 3.63) is 11.1 Å². The molecule has 1 aliphatic rings. The number of aromatic nitrogens is 2. The Morgan fingerprint density at radius 1 is 1.77 bits per heavy atom. The van der Waals surface area contributed by atoms with Crippen LogP contribution in [0.25, 0.3) is 0 Å². The topological polar surface area (TPSA) is 35.0 Å². The van der Waals surface area contributed by atoms with Crippen molar-refractivity contribution < 1.29 is 4.74 Å². The number of thioether (sulfide) groups is 1. The van der Waals surface area contributed by atoms with Crippen molar-refractivity contribution >= 4 is 23.3 Å². The lowest BCUT2D eigenvalue weighted by atomic mass is 10.3. The average molecular weight is 216 g/mol. The van der Waals surface area contributed by atoms with E-state index < -0.39 is 0 Å². The summed E-state index contributed by atoms with van der Waals surface area (Å²) in [6, 6.07) is 0. The molecule has 72 valence electrons. The maximum absolute atomic E-state index is 5.49. The van der Waals surface area contributed by atoms with Crippen molar-refractivity contribution in [3.8, 4) is 0 Å². The molecule has 3 nitrogen and oxygen atoms in total. The van der Waals surface area contributed by atoms with Crippen LogP contribution in [0, 0.1) is 0 Å². The molecule has 1 saturated heterocycles. The highest BCUT2D eigenvalue weighted by Crippen LogP contribution is 2.29. The van der Waals surface area contributed by atoms with E-state index in [0.29, 0.717) is 11.4 Å². The fourth-order valence-corrected chi connectivity index (χ4v) is 3.15. The van der Waals surface area contributed by atoms with Crippen molar-refractivity contribution in [2.75, 3.05) is 6.61 Å². The number of nitrogens with zero attached hydrogens (tertiary/aromatic N) is 2. The first-order valence-electron chi connectivity index (χ1n) is 4.35. The molecule has 1 aliphatic heterocycles. The average Bonchev–Trinajstić information content (AvgIpc) is 2.72. The van der Waals surface area contributed by atoms with E-state index in [9.17, 15) is 0 Å². The van der Waals surface area contributed by atoms with Gasteiger partial charge < -0.3 is 4.74 Å². The molecule has 2 unspecified atom stereocenters. The second-order valence-corrected chi connectivity index (χ2v) is 5.20.